The number of fused-ring (bicyclic) bond motifs is 5. The van der Waals surface area contributed by atoms with E-state index in [0.29, 0.717) is 6.04 Å². The molecule has 1 aromatic heterocycles. The van der Waals surface area contributed by atoms with Gasteiger partial charge in [-0.15, -0.1) is 0 Å². The Morgan fingerprint density at radius 3 is 2.50 bits per heavy atom. The summed E-state index contributed by atoms with van der Waals surface area (Å²) in [4.78, 5) is 23.7. The van der Waals surface area contributed by atoms with Gasteiger partial charge in [-0.3, -0.25) is 9.36 Å². The lowest BCUT2D eigenvalue weighted by Gasteiger charge is -2.33. The van der Waals surface area contributed by atoms with E-state index in [-0.39, 0.29) is 11.6 Å². The molecule has 7 rings (SSSR count). The molecule has 0 spiro atoms. The molecule has 3 aromatic rings. The SMILES string of the molecule is Cc1cccc(-c2nc3ccc(N4CCN5CCC4CC5)cc3c(=O)n2C2CC2)c1. The summed E-state index contributed by atoms with van der Waals surface area (Å²) in [5.74, 6) is 0.813. The number of aromatic nitrogens is 2. The second-order valence-corrected chi connectivity index (χ2v) is 9.18. The van der Waals surface area contributed by atoms with Gasteiger partial charge in [-0.2, -0.15) is 0 Å². The molecule has 0 atom stereocenters. The normalized spacial score (nSPS) is 23.7. The summed E-state index contributed by atoms with van der Waals surface area (Å²) in [6.45, 7) is 6.64. The first-order chi connectivity index (χ1) is 14.7. The summed E-state index contributed by atoms with van der Waals surface area (Å²) >= 11 is 0. The lowest BCUT2D eigenvalue weighted by Crippen LogP contribution is -2.38. The van der Waals surface area contributed by atoms with Crippen LogP contribution >= 0.6 is 0 Å². The summed E-state index contributed by atoms with van der Waals surface area (Å²) in [6.07, 6.45) is 4.56. The number of hydrogen-bond donors (Lipinski definition) is 0. The lowest BCUT2D eigenvalue weighted by molar-refractivity contribution is 0.250. The molecule has 3 aliphatic heterocycles. The van der Waals surface area contributed by atoms with E-state index in [9.17, 15) is 4.79 Å². The Morgan fingerprint density at radius 2 is 1.73 bits per heavy atom. The van der Waals surface area contributed by atoms with Crippen molar-refractivity contribution in [1.82, 2.24) is 14.5 Å². The van der Waals surface area contributed by atoms with Crippen molar-refractivity contribution in [3.05, 3.63) is 58.4 Å². The fourth-order valence-corrected chi connectivity index (χ4v) is 5.25. The monoisotopic (exact) mass is 400 g/mol. The summed E-state index contributed by atoms with van der Waals surface area (Å²) in [5, 5.41) is 0.759. The molecule has 30 heavy (non-hydrogen) atoms. The van der Waals surface area contributed by atoms with Gasteiger partial charge in [0.1, 0.15) is 5.82 Å². The number of anilines is 1. The van der Waals surface area contributed by atoms with E-state index < -0.39 is 0 Å². The summed E-state index contributed by atoms with van der Waals surface area (Å²) in [7, 11) is 0. The Balaban J connectivity index is 1.49. The number of nitrogens with zero attached hydrogens (tertiary/aromatic N) is 4. The molecular formula is C25H28N4O. The molecule has 0 radical (unpaired) electrons. The van der Waals surface area contributed by atoms with Crippen molar-refractivity contribution in [3.8, 4) is 11.4 Å². The highest BCUT2D eigenvalue weighted by molar-refractivity contribution is 5.83. The number of rotatable bonds is 3. The molecule has 4 heterocycles. The Labute approximate surface area is 176 Å². The fraction of sp³-hybridized carbons (Fsp3) is 0.440. The molecule has 1 saturated carbocycles. The minimum atomic E-state index is 0.115. The van der Waals surface area contributed by atoms with E-state index >= 15 is 0 Å². The maximum absolute atomic E-state index is 13.6. The van der Waals surface area contributed by atoms with Gasteiger partial charge in [-0.05, 0) is 56.9 Å². The van der Waals surface area contributed by atoms with Gasteiger partial charge in [-0.1, -0.05) is 23.8 Å². The summed E-state index contributed by atoms with van der Waals surface area (Å²) in [5.41, 5.74) is 4.32. The highest BCUT2D eigenvalue weighted by Crippen LogP contribution is 2.37. The maximum Gasteiger partial charge on any atom is 0.261 e. The molecule has 5 heteroatoms. The van der Waals surface area contributed by atoms with E-state index in [0.717, 1.165) is 48.2 Å². The molecule has 0 unspecified atom stereocenters. The molecule has 5 nitrogen and oxygen atoms in total. The smallest absolute Gasteiger partial charge is 0.261 e. The standard InChI is InChI=1S/C25H28N4O/c1-17-3-2-4-18(15-17)24-26-23-8-7-21(16-22(23)25(30)29(24)20-5-6-20)28-14-13-27-11-9-19(28)10-12-27/h2-4,7-8,15-16,19-20H,5-6,9-14H2,1H3. The number of hydrogen-bond acceptors (Lipinski definition) is 4. The lowest BCUT2D eigenvalue weighted by atomic mass is 10.0. The van der Waals surface area contributed by atoms with Gasteiger partial charge in [0.25, 0.3) is 5.56 Å². The van der Waals surface area contributed by atoms with Gasteiger partial charge < -0.3 is 9.80 Å². The van der Waals surface area contributed by atoms with E-state index in [4.69, 9.17) is 4.98 Å². The molecule has 0 amide bonds. The van der Waals surface area contributed by atoms with Crippen LogP contribution in [0.5, 0.6) is 0 Å². The largest absolute Gasteiger partial charge is 0.367 e. The molecule has 4 fully saturated rings. The topological polar surface area (TPSA) is 41.4 Å². The van der Waals surface area contributed by atoms with Crippen LogP contribution in [0, 0.1) is 6.92 Å². The van der Waals surface area contributed by atoms with Gasteiger partial charge in [-0.25, -0.2) is 4.98 Å². The highest BCUT2D eigenvalue weighted by Gasteiger charge is 2.31. The fourth-order valence-electron chi connectivity index (χ4n) is 5.25. The van der Waals surface area contributed by atoms with E-state index in [1.54, 1.807) is 0 Å². The van der Waals surface area contributed by atoms with Crippen molar-refractivity contribution in [2.24, 2.45) is 0 Å². The van der Waals surface area contributed by atoms with Crippen molar-refractivity contribution in [2.75, 3.05) is 31.1 Å². The van der Waals surface area contributed by atoms with E-state index in [2.05, 4.69) is 53.1 Å². The molecule has 0 N–H and O–H groups in total. The zero-order valence-corrected chi connectivity index (χ0v) is 17.6. The van der Waals surface area contributed by atoms with Gasteiger partial charge >= 0.3 is 0 Å². The second-order valence-electron chi connectivity index (χ2n) is 9.18. The first-order valence-corrected chi connectivity index (χ1v) is 11.3. The first kappa shape index (κ1) is 18.1. The summed E-state index contributed by atoms with van der Waals surface area (Å²) < 4.78 is 1.96. The zero-order valence-electron chi connectivity index (χ0n) is 17.6. The first-order valence-electron chi connectivity index (χ1n) is 11.3. The van der Waals surface area contributed by atoms with Crippen LogP contribution in [0.4, 0.5) is 5.69 Å². The second kappa shape index (κ2) is 6.95. The van der Waals surface area contributed by atoms with Crippen LogP contribution in [0.15, 0.2) is 47.3 Å². The van der Waals surface area contributed by atoms with Gasteiger partial charge in [0.15, 0.2) is 0 Å². The van der Waals surface area contributed by atoms with Crippen LogP contribution in [0.2, 0.25) is 0 Å². The maximum atomic E-state index is 13.6. The molecule has 154 valence electrons. The quantitative estimate of drug-likeness (QED) is 0.667. The number of benzene rings is 2. The van der Waals surface area contributed by atoms with Crippen LogP contribution in [-0.2, 0) is 0 Å². The Morgan fingerprint density at radius 1 is 0.900 bits per heavy atom. The van der Waals surface area contributed by atoms with Crippen molar-refractivity contribution >= 4 is 16.6 Å². The molecule has 4 aliphatic rings. The summed E-state index contributed by atoms with van der Waals surface area (Å²) in [6, 6.07) is 15.5. The highest BCUT2D eigenvalue weighted by atomic mass is 16.1. The minimum absolute atomic E-state index is 0.115. The molecule has 2 aromatic carbocycles. The molecule has 1 aliphatic carbocycles. The van der Waals surface area contributed by atoms with Gasteiger partial charge in [0, 0.05) is 49.5 Å². The van der Waals surface area contributed by atoms with Gasteiger partial charge in [0.05, 0.1) is 10.9 Å². The van der Waals surface area contributed by atoms with Crippen LogP contribution < -0.4 is 10.5 Å². The van der Waals surface area contributed by atoms with Crippen LogP contribution in [0.3, 0.4) is 0 Å². The Bertz CT molecular complexity index is 1170. The Hall–Kier alpha value is -2.66. The average Bonchev–Trinajstić information content (AvgIpc) is 3.62. The van der Waals surface area contributed by atoms with Crippen LogP contribution in [-0.4, -0.2) is 46.7 Å². The molecule has 3 saturated heterocycles. The number of aryl methyl sites for hydroxylation is 1. The van der Waals surface area contributed by atoms with Crippen molar-refractivity contribution < 1.29 is 0 Å². The molecule has 2 bridgehead atoms. The Kier molecular flexibility index (Phi) is 4.20. The minimum Gasteiger partial charge on any atom is -0.367 e. The van der Waals surface area contributed by atoms with Crippen molar-refractivity contribution in [3.63, 3.8) is 0 Å². The number of piperidine rings is 1. The zero-order chi connectivity index (χ0) is 20.2. The van der Waals surface area contributed by atoms with Crippen LogP contribution in [0.25, 0.3) is 22.3 Å². The van der Waals surface area contributed by atoms with Crippen LogP contribution in [0.1, 0.15) is 37.3 Å². The van der Waals surface area contributed by atoms with Crippen molar-refractivity contribution in [2.45, 2.75) is 44.7 Å². The average molecular weight is 401 g/mol. The van der Waals surface area contributed by atoms with E-state index in [1.807, 2.05) is 10.6 Å². The third-order valence-corrected chi connectivity index (χ3v) is 7.06. The van der Waals surface area contributed by atoms with Crippen molar-refractivity contribution in [1.29, 1.82) is 0 Å². The predicted molar refractivity (Wildman–Crippen MR) is 121 cm³/mol. The molecular weight excluding hydrogens is 372 g/mol. The third-order valence-electron chi connectivity index (χ3n) is 7.06. The third kappa shape index (κ3) is 3.03. The predicted octanol–water partition coefficient (Wildman–Crippen LogP) is 3.99. The van der Waals surface area contributed by atoms with E-state index in [1.165, 1.54) is 37.2 Å². The van der Waals surface area contributed by atoms with Gasteiger partial charge in [0.2, 0.25) is 0 Å².